The Morgan fingerprint density at radius 2 is 0.826 bits per heavy atom. The van der Waals surface area contributed by atoms with Gasteiger partial charge in [0.1, 0.15) is 12.4 Å². The smallest absolute Gasteiger partial charge is 0.330 e. The highest BCUT2D eigenvalue weighted by atomic mass is 16.6. The first-order valence-electron chi connectivity index (χ1n) is 16.8. The van der Waals surface area contributed by atoms with E-state index in [0.717, 1.165) is 18.8 Å². The van der Waals surface area contributed by atoms with E-state index >= 15 is 0 Å². The van der Waals surface area contributed by atoms with Crippen molar-refractivity contribution in [3.63, 3.8) is 0 Å². The number of ether oxygens (including phenoxy) is 9. The molecule has 0 aromatic heterocycles. The van der Waals surface area contributed by atoms with Crippen molar-refractivity contribution in [1.82, 2.24) is 0 Å². The van der Waals surface area contributed by atoms with Crippen LogP contribution in [0, 0.1) is 0 Å². The molecule has 0 fully saturated rings. The SMILES string of the molecule is C=C(C)C(=O)O.CCCCCCCCCOCCOCCOCCOCCOCCOCCOCCOCCOc1ccccc1. The highest BCUT2D eigenvalue weighted by Gasteiger charge is 1.97. The first-order valence-corrected chi connectivity index (χ1v) is 16.8. The summed E-state index contributed by atoms with van der Waals surface area (Å²) < 4.78 is 49.6. The minimum atomic E-state index is -0.935. The lowest BCUT2D eigenvalue weighted by atomic mass is 10.1. The van der Waals surface area contributed by atoms with Gasteiger partial charge in [0.2, 0.25) is 0 Å². The van der Waals surface area contributed by atoms with Crippen molar-refractivity contribution in [3.05, 3.63) is 42.5 Å². The molecule has 11 nitrogen and oxygen atoms in total. The zero-order chi connectivity index (χ0) is 33.6. The lowest BCUT2D eigenvalue weighted by Crippen LogP contribution is -2.15. The minimum absolute atomic E-state index is 0.176. The summed E-state index contributed by atoms with van der Waals surface area (Å²) in [4.78, 5) is 9.60. The van der Waals surface area contributed by atoms with Gasteiger partial charge in [-0.15, -0.1) is 0 Å². The quantitative estimate of drug-likeness (QED) is 0.0737. The van der Waals surface area contributed by atoms with Gasteiger partial charge in [0.05, 0.1) is 99.1 Å². The maximum absolute atomic E-state index is 9.60. The average molecular weight is 659 g/mol. The van der Waals surface area contributed by atoms with Crippen LogP contribution in [0.15, 0.2) is 42.5 Å². The number of carboxylic acid groups (broad SMARTS) is 1. The molecule has 0 bridgehead atoms. The molecule has 0 heterocycles. The summed E-state index contributed by atoms with van der Waals surface area (Å²) in [6.45, 7) is 16.5. The molecule has 268 valence electrons. The molecule has 0 saturated carbocycles. The summed E-state index contributed by atoms with van der Waals surface area (Å²) in [5, 5.41) is 7.89. The summed E-state index contributed by atoms with van der Waals surface area (Å²) >= 11 is 0. The number of carboxylic acids is 1. The van der Waals surface area contributed by atoms with Gasteiger partial charge < -0.3 is 47.7 Å². The van der Waals surface area contributed by atoms with Crippen LogP contribution in [0.2, 0.25) is 0 Å². The Balaban J connectivity index is 0.00000306. The molecule has 1 rings (SSSR count). The second-order valence-electron chi connectivity index (χ2n) is 10.3. The van der Waals surface area contributed by atoms with Crippen molar-refractivity contribution in [2.24, 2.45) is 0 Å². The number of rotatable bonds is 34. The zero-order valence-electron chi connectivity index (χ0n) is 28.6. The van der Waals surface area contributed by atoms with Gasteiger partial charge in [-0.1, -0.05) is 70.2 Å². The van der Waals surface area contributed by atoms with Crippen molar-refractivity contribution in [3.8, 4) is 5.75 Å². The molecule has 0 amide bonds. The molecule has 1 aromatic carbocycles. The number of unbranched alkanes of at least 4 members (excludes halogenated alkanes) is 6. The lowest BCUT2D eigenvalue weighted by Gasteiger charge is -2.09. The summed E-state index contributed by atoms with van der Waals surface area (Å²) in [6, 6.07) is 9.70. The standard InChI is InChI=1S/C31H56O9.C4H6O2/c1-2-3-4-5-6-7-11-14-32-15-16-33-17-18-34-19-20-35-21-22-36-23-24-37-25-26-38-27-28-39-29-30-40-31-12-9-8-10-13-31;1-3(2)4(5)6/h8-10,12-13H,2-7,11,14-30H2,1H3;1H2,2H3,(H,5,6). The van der Waals surface area contributed by atoms with E-state index in [-0.39, 0.29) is 5.57 Å². The fourth-order valence-corrected chi connectivity index (χ4v) is 3.54. The van der Waals surface area contributed by atoms with Crippen LogP contribution < -0.4 is 4.74 Å². The number of hydrogen-bond donors (Lipinski definition) is 1. The third-order valence-electron chi connectivity index (χ3n) is 6.10. The largest absolute Gasteiger partial charge is 0.491 e. The monoisotopic (exact) mass is 658 g/mol. The normalized spacial score (nSPS) is 10.8. The Bertz CT molecular complexity index is 752. The number of para-hydroxylation sites is 1. The van der Waals surface area contributed by atoms with Crippen molar-refractivity contribution in [1.29, 1.82) is 0 Å². The van der Waals surface area contributed by atoms with Crippen molar-refractivity contribution in [2.75, 3.05) is 112 Å². The van der Waals surface area contributed by atoms with Gasteiger partial charge in [0, 0.05) is 12.2 Å². The second kappa shape index (κ2) is 37.4. The Kier molecular flexibility index (Phi) is 35.7. The maximum Gasteiger partial charge on any atom is 0.330 e. The van der Waals surface area contributed by atoms with E-state index in [1.165, 1.54) is 45.4 Å². The van der Waals surface area contributed by atoms with E-state index in [4.69, 9.17) is 47.7 Å². The van der Waals surface area contributed by atoms with Gasteiger partial charge in [-0.25, -0.2) is 4.79 Å². The van der Waals surface area contributed by atoms with Crippen molar-refractivity contribution in [2.45, 2.75) is 58.8 Å². The molecule has 1 aromatic rings. The van der Waals surface area contributed by atoms with Gasteiger partial charge in [0.15, 0.2) is 0 Å². The van der Waals surface area contributed by atoms with Crippen molar-refractivity contribution < 1.29 is 52.5 Å². The topological polar surface area (TPSA) is 120 Å². The summed E-state index contributed by atoms with van der Waals surface area (Å²) in [5.41, 5.74) is 0.176. The summed E-state index contributed by atoms with van der Waals surface area (Å²) in [5.74, 6) is -0.0843. The molecular weight excluding hydrogens is 596 g/mol. The van der Waals surface area contributed by atoms with Crippen LogP contribution in [0.25, 0.3) is 0 Å². The van der Waals surface area contributed by atoms with Crippen LogP contribution in [0.1, 0.15) is 58.8 Å². The molecule has 0 aliphatic rings. The number of hydrogen-bond acceptors (Lipinski definition) is 10. The van der Waals surface area contributed by atoms with Crippen LogP contribution in [-0.4, -0.2) is 123 Å². The maximum atomic E-state index is 9.60. The second-order valence-corrected chi connectivity index (χ2v) is 10.3. The van der Waals surface area contributed by atoms with Crippen LogP contribution in [-0.2, 0) is 42.7 Å². The highest BCUT2D eigenvalue weighted by Crippen LogP contribution is 2.08. The Labute approximate surface area is 277 Å². The number of carbonyl (C=O) groups is 1. The van der Waals surface area contributed by atoms with Crippen LogP contribution in [0.5, 0.6) is 5.75 Å². The van der Waals surface area contributed by atoms with E-state index in [2.05, 4.69) is 13.5 Å². The molecule has 1 N–H and O–H groups in total. The third kappa shape index (κ3) is 36.4. The van der Waals surface area contributed by atoms with E-state index in [1.54, 1.807) is 0 Å². The minimum Gasteiger partial charge on any atom is -0.491 e. The molecule has 0 spiro atoms. The van der Waals surface area contributed by atoms with Crippen LogP contribution in [0.4, 0.5) is 0 Å². The van der Waals surface area contributed by atoms with Gasteiger partial charge in [0.25, 0.3) is 0 Å². The third-order valence-corrected chi connectivity index (χ3v) is 6.10. The van der Waals surface area contributed by atoms with E-state index in [0.29, 0.717) is 106 Å². The van der Waals surface area contributed by atoms with Crippen LogP contribution in [0.3, 0.4) is 0 Å². The number of benzene rings is 1. The number of aliphatic carboxylic acids is 1. The predicted octanol–water partition coefficient (Wildman–Crippen LogP) is 5.60. The van der Waals surface area contributed by atoms with Crippen LogP contribution >= 0.6 is 0 Å². The fraction of sp³-hybridized carbons (Fsp3) is 0.743. The molecule has 0 radical (unpaired) electrons. The molecular formula is C35H62O11. The molecule has 0 unspecified atom stereocenters. The lowest BCUT2D eigenvalue weighted by molar-refractivity contribution is -0.132. The van der Waals surface area contributed by atoms with E-state index in [1.807, 2.05) is 30.3 Å². The zero-order valence-corrected chi connectivity index (χ0v) is 28.6. The molecule has 0 aliphatic heterocycles. The first-order chi connectivity index (χ1) is 22.6. The molecule has 0 aliphatic carbocycles. The highest BCUT2D eigenvalue weighted by molar-refractivity contribution is 5.84. The van der Waals surface area contributed by atoms with Gasteiger partial charge in [-0.05, 0) is 25.5 Å². The Hall–Kier alpha value is -2.09. The van der Waals surface area contributed by atoms with Crippen molar-refractivity contribution >= 4 is 5.97 Å². The predicted molar refractivity (Wildman–Crippen MR) is 179 cm³/mol. The van der Waals surface area contributed by atoms with E-state index < -0.39 is 5.97 Å². The first kappa shape index (κ1) is 43.9. The van der Waals surface area contributed by atoms with E-state index in [9.17, 15) is 4.79 Å². The molecule has 0 saturated heterocycles. The fourth-order valence-electron chi connectivity index (χ4n) is 3.54. The Morgan fingerprint density at radius 3 is 1.17 bits per heavy atom. The average Bonchev–Trinajstić information content (AvgIpc) is 3.06. The van der Waals surface area contributed by atoms with Gasteiger partial charge in [-0.3, -0.25) is 0 Å². The Morgan fingerprint density at radius 1 is 0.522 bits per heavy atom. The van der Waals surface area contributed by atoms with Gasteiger partial charge >= 0.3 is 5.97 Å². The summed E-state index contributed by atoms with van der Waals surface area (Å²) in [6.07, 6.45) is 9.13. The summed E-state index contributed by atoms with van der Waals surface area (Å²) in [7, 11) is 0. The molecule has 0 atom stereocenters. The molecule has 46 heavy (non-hydrogen) atoms. The van der Waals surface area contributed by atoms with Gasteiger partial charge in [-0.2, -0.15) is 0 Å². The molecule has 11 heteroatoms.